The van der Waals surface area contributed by atoms with E-state index in [0.717, 1.165) is 24.2 Å². The lowest BCUT2D eigenvalue weighted by atomic mass is 10.2. The van der Waals surface area contributed by atoms with Crippen LogP contribution in [0.15, 0.2) is 28.8 Å². The van der Waals surface area contributed by atoms with Crippen molar-refractivity contribution in [2.24, 2.45) is 0 Å². The van der Waals surface area contributed by atoms with Crippen LogP contribution in [0.25, 0.3) is 11.5 Å². The number of hydrogen-bond donors (Lipinski definition) is 0. The molecule has 0 atom stereocenters. The molecule has 2 aromatic rings. The molecule has 0 radical (unpaired) electrons. The van der Waals surface area contributed by atoms with Crippen LogP contribution in [0.2, 0.25) is 0 Å². The Kier molecular flexibility index (Phi) is 3.98. The third-order valence-corrected chi connectivity index (χ3v) is 2.61. The standard InChI is InChI=1S/C12H13ClN2O2/c1-16-10-6-4-9(5-7-10)12-14-11(15-17-12)3-2-8-13/h4-7H,2-3,8H2,1H3. The summed E-state index contributed by atoms with van der Waals surface area (Å²) < 4.78 is 10.3. The molecule has 0 aliphatic heterocycles. The molecule has 1 aromatic heterocycles. The van der Waals surface area contributed by atoms with Gasteiger partial charge in [-0.3, -0.25) is 0 Å². The van der Waals surface area contributed by atoms with Crippen molar-refractivity contribution in [3.8, 4) is 17.2 Å². The molecule has 2 rings (SSSR count). The predicted octanol–water partition coefficient (Wildman–Crippen LogP) is 2.92. The van der Waals surface area contributed by atoms with Gasteiger partial charge in [0.05, 0.1) is 7.11 Å². The number of rotatable bonds is 5. The van der Waals surface area contributed by atoms with Crippen molar-refractivity contribution >= 4 is 11.6 Å². The van der Waals surface area contributed by atoms with Gasteiger partial charge in [-0.25, -0.2) is 0 Å². The van der Waals surface area contributed by atoms with Gasteiger partial charge in [-0.2, -0.15) is 4.98 Å². The van der Waals surface area contributed by atoms with Crippen molar-refractivity contribution < 1.29 is 9.26 Å². The van der Waals surface area contributed by atoms with Crippen LogP contribution in [0.3, 0.4) is 0 Å². The summed E-state index contributed by atoms with van der Waals surface area (Å²) in [4.78, 5) is 4.30. The molecule has 17 heavy (non-hydrogen) atoms. The number of hydrogen-bond acceptors (Lipinski definition) is 4. The van der Waals surface area contributed by atoms with E-state index < -0.39 is 0 Å². The fourth-order valence-corrected chi connectivity index (χ4v) is 1.56. The summed E-state index contributed by atoms with van der Waals surface area (Å²) in [6.45, 7) is 0. The number of ether oxygens (including phenoxy) is 1. The highest BCUT2D eigenvalue weighted by Crippen LogP contribution is 2.20. The van der Waals surface area contributed by atoms with Crippen molar-refractivity contribution in [3.63, 3.8) is 0 Å². The Labute approximate surface area is 105 Å². The molecular formula is C12H13ClN2O2. The van der Waals surface area contributed by atoms with Crippen molar-refractivity contribution in [1.82, 2.24) is 10.1 Å². The number of methoxy groups -OCH3 is 1. The van der Waals surface area contributed by atoms with Crippen LogP contribution >= 0.6 is 11.6 Å². The second kappa shape index (κ2) is 5.68. The van der Waals surface area contributed by atoms with Crippen LogP contribution in [0.5, 0.6) is 5.75 Å². The number of alkyl halides is 1. The fourth-order valence-electron chi connectivity index (χ4n) is 1.43. The highest BCUT2D eigenvalue weighted by Gasteiger charge is 2.08. The first-order valence-electron chi connectivity index (χ1n) is 5.36. The van der Waals surface area contributed by atoms with Gasteiger partial charge in [0.15, 0.2) is 5.82 Å². The van der Waals surface area contributed by atoms with Crippen LogP contribution in [0.4, 0.5) is 0 Å². The largest absolute Gasteiger partial charge is 0.497 e. The van der Waals surface area contributed by atoms with E-state index in [1.54, 1.807) is 7.11 Å². The van der Waals surface area contributed by atoms with Gasteiger partial charge in [0.25, 0.3) is 5.89 Å². The first-order chi connectivity index (χ1) is 8.33. The average molecular weight is 253 g/mol. The molecule has 5 heteroatoms. The third-order valence-electron chi connectivity index (χ3n) is 2.34. The van der Waals surface area contributed by atoms with Crippen molar-refractivity contribution in [2.75, 3.05) is 13.0 Å². The van der Waals surface area contributed by atoms with Crippen molar-refractivity contribution in [2.45, 2.75) is 12.8 Å². The molecule has 0 aliphatic carbocycles. The molecule has 90 valence electrons. The molecule has 0 unspecified atom stereocenters. The molecule has 0 saturated heterocycles. The Hall–Kier alpha value is -1.55. The Morgan fingerprint density at radius 2 is 2.06 bits per heavy atom. The zero-order valence-corrected chi connectivity index (χ0v) is 10.3. The lowest BCUT2D eigenvalue weighted by molar-refractivity contribution is 0.414. The van der Waals surface area contributed by atoms with Gasteiger partial charge in [0.2, 0.25) is 0 Å². The summed E-state index contributed by atoms with van der Waals surface area (Å²) in [7, 11) is 1.63. The second-order valence-electron chi connectivity index (χ2n) is 3.54. The molecule has 0 fully saturated rings. The third kappa shape index (κ3) is 2.97. The normalized spacial score (nSPS) is 10.5. The number of aryl methyl sites for hydroxylation is 1. The SMILES string of the molecule is COc1ccc(-c2nc(CCCCl)no2)cc1. The smallest absolute Gasteiger partial charge is 0.257 e. The number of aromatic nitrogens is 2. The Morgan fingerprint density at radius 3 is 2.71 bits per heavy atom. The summed E-state index contributed by atoms with van der Waals surface area (Å²) >= 11 is 5.61. The summed E-state index contributed by atoms with van der Waals surface area (Å²) in [6.07, 6.45) is 1.59. The van der Waals surface area contributed by atoms with Crippen LogP contribution in [0.1, 0.15) is 12.2 Å². The van der Waals surface area contributed by atoms with E-state index in [9.17, 15) is 0 Å². The van der Waals surface area contributed by atoms with E-state index in [1.165, 1.54) is 0 Å². The molecule has 0 aliphatic rings. The maximum atomic E-state index is 5.61. The molecule has 0 amide bonds. The van der Waals surface area contributed by atoms with Crippen molar-refractivity contribution in [1.29, 1.82) is 0 Å². The second-order valence-corrected chi connectivity index (χ2v) is 3.91. The molecule has 4 nitrogen and oxygen atoms in total. The lowest BCUT2D eigenvalue weighted by Gasteiger charge is -1.98. The zero-order valence-electron chi connectivity index (χ0n) is 9.52. The molecular weight excluding hydrogens is 240 g/mol. The Bertz CT molecular complexity index is 468. The van der Waals surface area contributed by atoms with E-state index in [0.29, 0.717) is 17.6 Å². The quantitative estimate of drug-likeness (QED) is 0.768. The monoisotopic (exact) mass is 252 g/mol. The minimum atomic E-state index is 0.525. The highest BCUT2D eigenvalue weighted by molar-refractivity contribution is 6.17. The van der Waals surface area contributed by atoms with E-state index >= 15 is 0 Å². The maximum absolute atomic E-state index is 5.61. The Morgan fingerprint density at radius 1 is 1.29 bits per heavy atom. The predicted molar refractivity (Wildman–Crippen MR) is 65.3 cm³/mol. The molecule has 0 bridgehead atoms. The van der Waals surface area contributed by atoms with Crippen molar-refractivity contribution in [3.05, 3.63) is 30.1 Å². The van der Waals surface area contributed by atoms with Gasteiger partial charge in [0.1, 0.15) is 5.75 Å². The van der Waals surface area contributed by atoms with Crippen LogP contribution < -0.4 is 4.74 Å². The van der Waals surface area contributed by atoms with E-state index in [4.69, 9.17) is 20.9 Å². The molecule has 0 N–H and O–H groups in total. The Balaban J connectivity index is 2.12. The summed E-state index contributed by atoms with van der Waals surface area (Å²) in [5.41, 5.74) is 0.885. The summed E-state index contributed by atoms with van der Waals surface area (Å²) in [6, 6.07) is 7.49. The van der Waals surface area contributed by atoms with E-state index in [-0.39, 0.29) is 0 Å². The van der Waals surface area contributed by atoms with E-state index in [2.05, 4.69) is 10.1 Å². The summed E-state index contributed by atoms with van der Waals surface area (Å²) in [5.74, 6) is 2.62. The fraction of sp³-hybridized carbons (Fsp3) is 0.333. The molecule has 0 saturated carbocycles. The van der Waals surface area contributed by atoms with E-state index in [1.807, 2.05) is 24.3 Å². The maximum Gasteiger partial charge on any atom is 0.257 e. The van der Waals surface area contributed by atoms with Gasteiger partial charge >= 0.3 is 0 Å². The zero-order chi connectivity index (χ0) is 12.1. The van der Waals surface area contributed by atoms with Gasteiger partial charge < -0.3 is 9.26 Å². The first-order valence-corrected chi connectivity index (χ1v) is 5.90. The van der Waals surface area contributed by atoms with Gasteiger partial charge in [-0.15, -0.1) is 11.6 Å². The van der Waals surface area contributed by atoms with Gasteiger partial charge in [0, 0.05) is 17.9 Å². The van der Waals surface area contributed by atoms with Gasteiger partial charge in [-0.05, 0) is 30.7 Å². The highest BCUT2D eigenvalue weighted by atomic mass is 35.5. The minimum Gasteiger partial charge on any atom is -0.497 e. The van der Waals surface area contributed by atoms with Crippen LogP contribution in [-0.4, -0.2) is 23.1 Å². The first kappa shape index (κ1) is 11.9. The van der Waals surface area contributed by atoms with Crippen LogP contribution in [-0.2, 0) is 6.42 Å². The average Bonchev–Trinajstić information content (AvgIpc) is 2.85. The topological polar surface area (TPSA) is 48.2 Å². The number of halogens is 1. The number of benzene rings is 1. The minimum absolute atomic E-state index is 0.525. The number of nitrogens with zero attached hydrogens (tertiary/aromatic N) is 2. The summed E-state index contributed by atoms with van der Waals surface area (Å²) in [5, 5.41) is 3.90. The molecule has 1 aromatic carbocycles. The molecule has 0 spiro atoms. The van der Waals surface area contributed by atoms with Gasteiger partial charge in [-0.1, -0.05) is 5.16 Å². The lowest BCUT2D eigenvalue weighted by Crippen LogP contribution is -1.88. The molecule has 1 heterocycles. The van der Waals surface area contributed by atoms with Crippen LogP contribution in [0, 0.1) is 0 Å².